The van der Waals surface area contributed by atoms with Gasteiger partial charge in [-0.1, -0.05) is 18.2 Å². The zero-order valence-corrected chi connectivity index (χ0v) is 22.6. The second kappa shape index (κ2) is 12.2. The van der Waals surface area contributed by atoms with Gasteiger partial charge in [-0.25, -0.2) is 4.79 Å². The van der Waals surface area contributed by atoms with Gasteiger partial charge >= 0.3 is 5.97 Å². The summed E-state index contributed by atoms with van der Waals surface area (Å²) >= 11 is 0. The molecular formula is C30H35NO7. The van der Waals surface area contributed by atoms with Gasteiger partial charge in [0.2, 0.25) is 0 Å². The summed E-state index contributed by atoms with van der Waals surface area (Å²) in [5, 5.41) is 3.38. The van der Waals surface area contributed by atoms with Crippen LogP contribution in [0.3, 0.4) is 0 Å². The third-order valence-corrected chi connectivity index (χ3v) is 6.95. The minimum absolute atomic E-state index is 0.0139. The molecule has 4 rings (SSSR count). The van der Waals surface area contributed by atoms with Crippen molar-refractivity contribution in [3.63, 3.8) is 0 Å². The molecule has 0 fully saturated rings. The van der Waals surface area contributed by atoms with Crippen molar-refractivity contribution in [2.75, 3.05) is 41.2 Å². The maximum atomic E-state index is 13.8. The Morgan fingerprint density at radius 3 is 2.47 bits per heavy atom. The Labute approximate surface area is 223 Å². The lowest BCUT2D eigenvalue weighted by atomic mass is 9.71. The lowest BCUT2D eigenvalue weighted by Gasteiger charge is -2.37. The first-order chi connectivity index (χ1) is 18.4. The molecule has 8 nitrogen and oxygen atoms in total. The van der Waals surface area contributed by atoms with E-state index in [2.05, 4.69) is 5.32 Å². The van der Waals surface area contributed by atoms with Crippen molar-refractivity contribution in [1.82, 2.24) is 5.32 Å². The van der Waals surface area contributed by atoms with E-state index in [1.807, 2.05) is 56.3 Å². The molecule has 2 atom stereocenters. The number of carbonyl (C=O) groups is 2. The van der Waals surface area contributed by atoms with Crippen LogP contribution < -0.4 is 19.5 Å². The highest BCUT2D eigenvalue weighted by Crippen LogP contribution is 2.47. The van der Waals surface area contributed by atoms with Gasteiger partial charge in [-0.05, 0) is 61.6 Å². The predicted molar refractivity (Wildman–Crippen MR) is 143 cm³/mol. The van der Waals surface area contributed by atoms with Crippen LogP contribution in [0.2, 0.25) is 0 Å². The van der Waals surface area contributed by atoms with Crippen LogP contribution in [0.15, 0.2) is 65.0 Å². The van der Waals surface area contributed by atoms with Crippen LogP contribution in [0.5, 0.6) is 17.2 Å². The van der Waals surface area contributed by atoms with E-state index in [4.69, 9.17) is 23.7 Å². The lowest BCUT2D eigenvalue weighted by molar-refractivity contribution is -0.140. The number of nitrogens with one attached hydrogen (secondary N) is 1. The van der Waals surface area contributed by atoms with Gasteiger partial charge < -0.3 is 29.0 Å². The molecule has 0 amide bonds. The van der Waals surface area contributed by atoms with Gasteiger partial charge in [0.05, 0.1) is 33.0 Å². The molecule has 1 N–H and O–H groups in total. The van der Waals surface area contributed by atoms with Crippen molar-refractivity contribution in [3.05, 3.63) is 76.1 Å². The summed E-state index contributed by atoms with van der Waals surface area (Å²) in [7, 11) is 4.74. The summed E-state index contributed by atoms with van der Waals surface area (Å²) in [4.78, 5) is 27.1. The van der Waals surface area contributed by atoms with Crippen molar-refractivity contribution in [2.45, 2.75) is 38.5 Å². The number of hydrogen-bond acceptors (Lipinski definition) is 8. The lowest BCUT2D eigenvalue weighted by Crippen LogP contribution is -2.36. The summed E-state index contributed by atoms with van der Waals surface area (Å²) in [5.74, 6) is 0.838. The predicted octanol–water partition coefficient (Wildman–Crippen LogP) is 4.65. The van der Waals surface area contributed by atoms with Crippen LogP contribution in [0, 0.1) is 0 Å². The van der Waals surface area contributed by atoms with E-state index in [1.165, 1.54) is 0 Å². The summed E-state index contributed by atoms with van der Waals surface area (Å²) in [6.07, 6.45) is 0.921. The zero-order chi connectivity index (χ0) is 27.2. The third kappa shape index (κ3) is 5.55. The molecule has 0 saturated heterocycles. The number of Topliss-reactive ketones (excluding diaryl/α,β-unsaturated/α-hetero) is 1. The number of hydrogen-bond donors (Lipinski definition) is 1. The Bertz CT molecular complexity index is 1260. The molecule has 0 saturated carbocycles. The number of rotatable bonds is 10. The van der Waals surface area contributed by atoms with Gasteiger partial charge in [0.1, 0.15) is 12.4 Å². The molecule has 8 heteroatoms. The van der Waals surface area contributed by atoms with Crippen molar-refractivity contribution >= 4 is 11.8 Å². The fourth-order valence-electron chi connectivity index (χ4n) is 5.23. The number of methoxy groups -OCH3 is 3. The molecule has 1 aliphatic heterocycles. The SMILES string of the molecule is CCOc1cccc([C@@H]2C(C(=O)OCCOC)=C(C)NC3=C2C(=O)C[C@H](c2ccc(OC)c(OC)c2)C3)c1. The highest BCUT2D eigenvalue weighted by atomic mass is 16.6. The molecule has 2 aromatic carbocycles. The van der Waals surface area contributed by atoms with E-state index in [-0.39, 0.29) is 24.9 Å². The van der Waals surface area contributed by atoms with Crippen LogP contribution in [-0.2, 0) is 19.1 Å². The first kappa shape index (κ1) is 27.3. The van der Waals surface area contributed by atoms with E-state index in [0.717, 1.165) is 16.8 Å². The standard InChI is InChI=1S/C30H35NO7/c1-6-37-22-9-7-8-20(14-22)28-27(30(33)38-13-12-34-3)18(2)31-23-15-21(16-24(32)29(23)28)19-10-11-25(35-4)26(17-19)36-5/h7-11,14,17,21,28,31H,6,12-13,15-16H2,1-5H3/t21-,28-/m1/s1. The van der Waals surface area contributed by atoms with E-state index in [0.29, 0.717) is 53.5 Å². The number of ether oxygens (including phenoxy) is 5. The molecule has 2 aliphatic rings. The molecule has 202 valence electrons. The molecule has 0 unspecified atom stereocenters. The molecule has 1 aliphatic carbocycles. The van der Waals surface area contributed by atoms with Crippen LogP contribution in [0.1, 0.15) is 49.7 Å². The van der Waals surface area contributed by atoms with Crippen LogP contribution >= 0.6 is 0 Å². The second-order valence-electron chi connectivity index (χ2n) is 9.27. The van der Waals surface area contributed by atoms with Gasteiger partial charge in [0.25, 0.3) is 0 Å². The summed E-state index contributed by atoms with van der Waals surface area (Å²) in [5.41, 5.74) is 4.30. The van der Waals surface area contributed by atoms with Crippen molar-refractivity contribution < 1.29 is 33.3 Å². The van der Waals surface area contributed by atoms with Gasteiger partial charge in [-0.3, -0.25) is 4.79 Å². The Balaban J connectivity index is 1.75. The number of benzene rings is 2. The monoisotopic (exact) mass is 521 g/mol. The van der Waals surface area contributed by atoms with Crippen molar-refractivity contribution in [1.29, 1.82) is 0 Å². The zero-order valence-electron chi connectivity index (χ0n) is 22.6. The number of carbonyl (C=O) groups excluding carboxylic acids is 2. The van der Waals surface area contributed by atoms with Crippen LogP contribution in [0.4, 0.5) is 0 Å². The topological polar surface area (TPSA) is 92.3 Å². The minimum atomic E-state index is -0.569. The van der Waals surface area contributed by atoms with Crippen LogP contribution in [-0.4, -0.2) is 52.9 Å². The normalized spacial score (nSPS) is 19.0. The molecule has 0 spiro atoms. The van der Waals surface area contributed by atoms with Crippen molar-refractivity contribution in [2.24, 2.45) is 0 Å². The van der Waals surface area contributed by atoms with Gasteiger partial charge in [0.15, 0.2) is 17.3 Å². The Morgan fingerprint density at radius 2 is 1.76 bits per heavy atom. The van der Waals surface area contributed by atoms with E-state index in [1.54, 1.807) is 21.3 Å². The first-order valence-electron chi connectivity index (χ1n) is 12.8. The number of allylic oxidation sites excluding steroid dienone is 3. The maximum absolute atomic E-state index is 13.8. The maximum Gasteiger partial charge on any atom is 0.336 e. The molecule has 1 heterocycles. The molecule has 0 aromatic heterocycles. The third-order valence-electron chi connectivity index (χ3n) is 6.95. The average Bonchev–Trinajstić information content (AvgIpc) is 2.92. The Hall–Kier alpha value is -3.78. The van der Waals surface area contributed by atoms with Gasteiger partial charge in [-0.15, -0.1) is 0 Å². The van der Waals surface area contributed by atoms with Gasteiger partial charge in [-0.2, -0.15) is 0 Å². The highest BCUT2D eigenvalue weighted by Gasteiger charge is 2.41. The molecule has 0 bridgehead atoms. The first-order valence-corrected chi connectivity index (χ1v) is 12.8. The Kier molecular flexibility index (Phi) is 8.73. The number of dihydropyridines is 1. The molecule has 38 heavy (non-hydrogen) atoms. The van der Waals surface area contributed by atoms with Gasteiger partial charge in [0, 0.05) is 36.4 Å². The van der Waals surface area contributed by atoms with Crippen molar-refractivity contribution in [3.8, 4) is 17.2 Å². The summed E-state index contributed by atoms with van der Waals surface area (Å²) in [6, 6.07) is 13.3. The van der Waals surface area contributed by atoms with E-state index < -0.39 is 11.9 Å². The number of esters is 1. The number of ketones is 1. The summed E-state index contributed by atoms with van der Waals surface area (Å²) < 4.78 is 27.2. The molecule has 0 radical (unpaired) electrons. The van der Waals surface area contributed by atoms with Crippen LogP contribution in [0.25, 0.3) is 0 Å². The summed E-state index contributed by atoms with van der Waals surface area (Å²) in [6.45, 7) is 4.69. The fourth-order valence-corrected chi connectivity index (χ4v) is 5.23. The second-order valence-corrected chi connectivity index (χ2v) is 9.27. The molecular weight excluding hydrogens is 486 g/mol. The smallest absolute Gasteiger partial charge is 0.336 e. The fraction of sp³-hybridized carbons (Fsp3) is 0.400. The Morgan fingerprint density at radius 1 is 0.974 bits per heavy atom. The molecule has 2 aromatic rings. The minimum Gasteiger partial charge on any atom is -0.494 e. The van der Waals surface area contributed by atoms with E-state index >= 15 is 0 Å². The highest BCUT2D eigenvalue weighted by molar-refractivity contribution is 6.04. The quantitative estimate of drug-likeness (QED) is 0.357. The average molecular weight is 522 g/mol. The largest absolute Gasteiger partial charge is 0.494 e. The van der Waals surface area contributed by atoms with E-state index in [9.17, 15) is 9.59 Å².